The van der Waals surface area contributed by atoms with Crippen LogP contribution >= 0.6 is 0 Å². The van der Waals surface area contributed by atoms with E-state index in [0.717, 1.165) is 12.0 Å². The van der Waals surface area contributed by atoms with Crippen molar-refractivity contribution in [2.75, 3.05) is 6.61 Å². The van der Waals surface area contributed by atoms with Gasteiger partial charge in [0.25, 0.3) is 0 Å². The summed E-state index contributed by atoms with van der Waals surface area (Å²) < 4.78 is 16.5. The maximum absolute atomic E-state index is 12.6. The molecule has 1 atom stereocenters. The fourth-order valence-corrected chi connectivity index (χ4v) is 3.18. The van der Waals surface area contributed by atoms with Crippen LogP contribution in [0.5, 0.6) is 11.5 Å². The molecule has 1 saturated heterocycles. The lowest BCUT2D eigenvalue weighted by molar-refractivity contribution is -0.144. The summed E-state index contributed by atoms with van der Waals surface area (Å²) >= 11 is 0. The molecule has 132 valence electrons. The average molecular weight is 350 g/mol. The number of ketones is 1. The van der Waals surface area contributed by atoms with E-state index in [-0.39, 0.29) is 11.5 Å². The first-order valence-electron chi connectivity index (χ1n) is 8.59. The lowest BCUT2D eigenvalue weighted by Crippen LogP contribution is -2.24. The van der Waals surface area contributed by atoms with E-state index in [0.29, 0.717) is 35.7 Å². The van der Waals surface area contributed by atoms with Gasteiger partial charge in [0.2, 0.25) is 5.78 Å². The largest absolute Gasteiger partial charge is 0.452 e. The number of carbonyl (C=O) groups excluding carboxylic acids is 2. The van der Waals surface area contributed by atoms with Crippen LogP contribution in [0.1, 0.15) is 34.3 Å². The molecule has 4 rings (SSSR count). The number of Topliss-reactive ketones (excluding diaryl/α,β-unsaturated/α-hetero) is 1. The molecule has 0 bridgehead atoms. The molecule has 2 aromatic rings. The molecule has 2 aliphatic heterocycles. The molecule has 1 fully saturated rings. The first-order chi connectivity index (χ1) is 12.6. The number of rotatable bonds is 3. The molecule has 5 nitrogen and oxygen atoms in total. The molecule has 0 spiro atoms. The van der Waals surface area contributed by atoms with Gasteiger partial charge in [-0.1, -0.05) is 30.3 Å². The minimum Gasteiger partial charge on any atom is -0.452 e. The topological polar surface area (TPSA) is 61.8 Å². The smallest absolute Gasteiger partial charge is 0.340 e. The maximum atomic E-state index is 12.6. The molecule has 0 aliphatic carbocycles. The van der Waals surface area contributed by atoms with E-state index >= 15 is 0 Å². The standard InChI is InChI=1S/C21H18O5/c1-13-10-15(25-21(23)16-8-5-9-24-16)12-17-19(13)20(22)18(26-17)11-14-6-3-2-4-7-14/h2-4,6-7,10-12,16H,5,8-9H2,1H3/b18-11-. The molecule has 0 saturated carbocycles. The Labute approximate surface area is 151 Å². The van der Waals surface area contributed by atoms with Gasteiger partial charge < -0.3 is 14.2 Å². The second kappa shape index (κ2) is 6.77. The van der Waals surface area contributed by atoms with Crippen LogP contribution in [0.3, 0.4) is 0 Å². The van der Waals surface area contributed by atoms with Crippen molar-refractivity contribution >= 4 is 17.8 Å². The van der Waals surface area contributed by atoms with Gasteiger partial charge in [0.05, 0.1) is 5.56 Å². The molecule has 5 heteroatoms. The van der Waals surface area contributed by atoms with E-state index in [1.807, 2.05) is 30.3 Å². The summed E-state index contributed by atoms with van der Waals surface area (Å²) in [5.41, 5.74) is 2.09. The molecule has 2 aliphatic rings. The normalized spacial score (nSPS) is 20.1. The highest BCUT2D eigenvalue weighted by Crippen LogP contribution is 2.37. The fraction of sp³-hybridized carbons (Fsp3) is 0.238. The van der Waals surface area contributed by atoms with Crippen LogP contribution < -0.4 is 9.47 Å². The van der Waals surface area contributed by atoms with Crippen molar-refractivity contribution in [3.05, 3.63) is 64.9 Å². The SMILES string of the molecule is Cc1cc(OC(=O)C2CCCO2)cc2c1C(=O)/C(=C/c1ccccc1)O2. The van der Waals surface area contributed by atoms with Crippen LogP contribution in [0.25, 0.3) is 6.08 Å². The molecular formula is C21H18O5. The van der Waals surface area contributed by atoms with E-state index in [2.05, 4.69) is 0 Å². The lowest BCUT2D eigenvalue weighted by atomic mass is 10.0. The molecule has 0 radical (unpaired) electrons. The third-order valence-corrected chi connectivity index (χ3v) is 4.45. The number of carbonyl (C=O) groups is 2. The van der Waals surface area contributed by atoms with Gasteiger partial charge in [-0.15, -0.1) is 0 Å². The van der Waals surface area contributed by atoms with Gasteiger partial charge >= 0.3 is 5.97 Å². The zero-order valence-corrected chi connectivity index (χ0v) is 14.4. The Balaban J connectivity index is 1.59. The van der Waals surface area contributed by atoms with Crippen molar-refractivity contribution in [1.29, 1.82) is 0 Å². The number of hydrogen-bond acceptors (Lipinski definition) is 5. The van der Waals surface area contributed by atoms with Gasteiger partial charge in [0.15, 0.2) is 11.9 Å². The van der Waals surface area contributed by atoms with Crippen LogP contribution in [-0.4, -0.2) is 24.5 Å². The number of fused-ring (bicyclic) bond motifs is 1. The van der Waals surface area contributed by atoms with Gasteiger partial charge in [-0.2, -0.15) is 0 Å². The quantitative estimate of drug-likeness (QED) is 0.480. The predicted octanol–water partition coefficient (Wildman–Crippen LogP) is 3.70. The first-order valence-corrected chi connectivity index (χ1v) is 8.59. The minimum absolute atomic E-state index is 0.168. The second-order valence-electron chi connectivity index (χ2n) is 6.39. The van der Waals surface area contributed by atoms with Crippen LogP contribution in [0.2, 0.25) is 0 Å². The zero-order valence-electron chi connectivity index (χ0n) is 14.4. The molecule has 1 unspecified atom stereocenters. The number of aryl methyl sites for hydroxylation is 1. The van der Waals surface area contributed by atoms with Crippen LogP contribution in [-0.2, 0) is 9.53 Å². The molecular weight excluding hydrogens is 332 g/mol. The van der Waals surface area contributed by atoms with Gasteiger partial charge in [-0.3, -0.25) is 4.79 Å². The highest BCUT2D eigenvalue weighted by atomic mass is 16.6. The van der Waals surface area contributed by atoms with Gasteiger partial charge in [0, 0.05) is 12.7 Å². The Kier molecular flexibility index (Phi) is 4.31. The third kappa shape index (κ3) is 3.13. The third-order valence-electron chi connectivity index (χ3n) is 4.45. The fourth-order valence-electron chi connectivity index (χ4n) is 3.18. The zero-order chi connectivity index (χ0) is 18.1. The van der Waals surface area contributed by atoms with Crippen molar-refractivity contribution in [1.82, 2.24) is 0 Å². The number of esters is 1. The van der Waals surface area contributed by atoms with Crippen LogP contribution in [0, 0.1) is 6.92 Å². The summed E-state index contributed by atoms with van der Waals surface area (Å²) in [4.78, 5) is 24.8. The van der Waals surface area contributed by atoms with Crippen molar-refractivity contribution < 1.29 is 23.8 Å². The number of allylic oxidation sites excluding steroid dienone is 1. The molecule has 26 heavy (non-hydrogen) atoms. The van der Waals surface area contributed by atoms with Crippen LogP contribution in [0.15, 0.2) is 48.2 Å². The molecule has 0 amide bonds. The van der Waals surface area contributed by atoms with Crippen molar-refractivity contribution in [3.63, 3.8) is 0 Å². The molecule has 0 N–H and O–H groups in total. The number of hydrogen-bond donors (Lipinski definition) is 0. The Morgan fingerprint density at radius 2 is 2.04 bits per heavy atom. The Hall–Kier alpha value is -2.92. The van der Waals surface area contributed by atoms with Crippen molar-refractivity contribution in [2.45, 2.75) is 25.9 Å². The predicted molar refractivity (Wildman–Crippen MR) is 95.2 cm³/mol. The lowest BCUT2D eigenvalue weighted by Gasteiger charge is -2.11. The van der Waals surface area contributed by atoms with E-state index in [1.165, 1.54) is 0 Å². The highest BCUT2D eigenvalue weighted by molar-refractivity contribution is 6.15. The summed E-state index contributed by atoms with van der Waals surface area (Å²) in [6.45, 7) is 2.38. The molecule has 2 heterocycles. The number of ether oxygens (including phenoxy) is 3. The van der Waals surface area contributed by atoms with Crippen LogP contribution in [0.4, 0.5) is 0 Å². The van der Waals surface area contributed by atoms with Gasteiger partial charge in [-0.05, 0) is 43.0 Å². The Morgan fingerprint density at radius 1 is 1.23 bits per heavy atom. The highest BCUT2D eigenvalue weighted by Gasteiger charge is 2.31. The molecule has 2 aromatic carbocycles. The summed E-state index contributed by atoms with van der Waals surface area (Å²) in [6.07, 6.45) is 2.72. The molecule has 0 aromatic heterocycles. The Bertz CT molecular complexity index is 892. The van der Waals surface area contributed by atoms with Crippen molar-refractivity contribution in [2.24, 2.45) is 0 Å². The van der Waals surface area contributed by atoms with Gasteiger partial charge in [-0.25, -0.2) is 4.79 Å². The monoisotopic (exact) mass is 350 g/mol. The van der Waals surface area contributed by atoms with Crippen molar-refractivity contribution in [3.8, 4) is 11.5 Å². The van der Waals surface area contributed by atoms with E-state index in [1.54, 1.807) is 25.1 Å². The second-order valence-corrected chi connectivity index (χ2v) is 6.39. The summed E-state index contributed by atoms with van der Waals surface area (Å²) in [5, 5.41) is 0. The minimum atomic E-state index is -0.514. The summed E-state index contributed by atoms with van der Waals surface area (Å²) in [7, 11) is 0. The summed E-state index contributed by atoms with van der Waals surface area (Å²) in [6, 6.07) is 12.8. The average Bonchev–Trinajstić information content (AvgIpc) is 3.25. The summed E-state index contributed by atoms with van der Waals surface area (Å²) in [5.74, 6) is 0.448. The van der Waals surface area contributed by atoms with E-state index in [4.69, 9.17) is 14.2 Å². The number of benzene rings is 2. The maximum Gasteiger partial charge on any atom is 0.340 e. The van der Waals surface area contributed by atoms with E-state index in [9.17, 15) is 9.59 Å². The first kappa shape index (κ1) is 16.5. The Morgan fingerprint density at radius 3 is 2.77 bits per heavy atom. The van der Waals surface area contributed by atoms with E-state index < -0.39 is 12.1 Å². The van der Waals surface area contributed by atoms with Gasteiger partial charge in [0.1, 0.15) is 11.5 Å².